The number of piperidine rings is 1. The lowest BCUT2D eigenvalue weighted by atomic mass is 9.97. The van der Waals surface area contributed by atoms with E-state index in [0.29, 0.717) is 28.8 Å². The number of fused-ring (bicyclic) bond motifs is 1. The van der Waals surface area contributed by atoms with Crippen molar-refractivity contribution in [1.82, 2.24) is 9.97 Å². The highest BCUT2D eigenvalue weighted by Gasteiger charge is 2.28. The van der Waals surface area contributed by atoms with Crippen LogP contribution in [0.15, 0.2) is 30.5 Å². The molecule has 1 fully saturated rings. The lowest BCUT2D eigenvalue weighted by Crippen LogP contribution is -2.40. The van der Waals surface area contributed by atoms with Crippen molar-refractivity contribution >= 4 is 50.0 Å². The van der Waals surface area contributed by atoms with Gasteiger partial charge in [-0.25, -0.2) is 9.97 Å². The zero-order valence-corrected chi connectivity index (χ0v) is 17.7. The van der Waals surface area contributed by atoms with E-state index in [1.54, 1.807) is 36.8 Å². The third-order valence-electron chi connectivity index (χ3n) is 4.95. The Labute approximate surface area is 177 Å². The number of hydrogen-bond acceptors (Lipinski definition) is 7. The Hall–Kier alpha value is -2.58. The molecule has 1 aliphatic rings. The molecular weight excluding hydrogens is 412 g/mol. The molecule has 1 N–H and O–H groups in total. The van der Waals surface area contributed by atoms with Gasteiger partial charge in [0.15, 0.2) is 5.13 Å². The molecule has 0 aliphatic carbocycles. The quantitative estimate of drug-likeness (QED) is 0.650. The van der Waals surface area contributed by atoms with E-state index in [4.69, 9.17) is 21.1 Å². The summed E-state index contributed by atoms with van der Waals surface area (Å²) in [5.74, 6) is 0.775. The standard InChI is InChI=1S/C20H21ClN4O3S/c1-27-13-9-14(21)17(16(10-13)28-2)24-18(26)12-5-4-8-25(11-12)20-23-15-6-3-7-22-19(15)29-20/h3,6-7,9-10,12H,4-5,8,11H2,1-2H3,(H,24,26). The summed E-state index contributed by atoms with van der Waals surface area (Å²) in [6, 6.07) is 7.18. The molecular formula is C20H21ClN4O3S. The van der Waals surface area contributed by atoms with Crippen LogP contribution in [0.1, 0.15) is 12.8 Å². The Morgan fingerprint density at radius 3 is 2.97 bits per heavy atom. The van der Waals surface area contributed by atoms with Crippen molar-refractivity contribution in [3.05, 3.63) is 35.5 Å². The number of hydrogen-bond donors (Lipinski definition) is 1. The second-order valence-corrected chi connectivity index (χ2v) is 8.15. The highest BCUT2D eigenvalue weighted by molar-refractivity contribution is 7.21. The van der Waals surface area contributed by atoms with Gasteiger partial charge in [-0.15, -0.1) is 0 Å². The number of benzene rings is 1. The third-order valence-corrected chi connectivity index (χ3v) is 6.29. The average Bonchev–Trinajstić information content (AvgIpc) is 3.19. The molecule has 0 spiro atoms. The molecule has 0 saturated carbocycles. The van der Waals surface area contributed by atoms with Crippen LogP contribution >= 0.6 is 22.9 Å². The lowest BCUT2D eigenvalue weighted by Gasteiger charge is -2.31. The highest BCUT2D eigenvalue weighted by atomic mass is 35.5. The molecule has 3 heterocycles. The smallest absolute Gasteiger partial charge is 0.229 e. The highest BCUT2D eigenvalue weighted by Crippen LogP contribution is 2.38. The van der Waals surface area contributed by atoms with Gasteiger partial charge >= 0.3 is 0 Å². The van der Waals surface area contributed by atoms with Crippen molar-refractivity contribution in [2.75, 3.05) is 37.5 Å². The maximum Gasteiger partial charge on any atom is 0.229 e. The van der Waals surface area contributed by atoms with Crippen LogP contribution in [0.4, 0.5) is 10.8 Å². The van der Waals surface area contributed by atoms with E-state index in [1.807, 2.05) is 12.1 Å². The molecule has 1 atom stereocenters. The number of ether oxygens (including phenoxy) is 2. The Morgan fingerprint density at radius 2 is 2.21 bits per heavy atom. The van der Waals surface area contributed by atoms with Crippen molar-refractivity contribution < 1.29 is 14.3 Å². The molecule has 3 aromatic rings. The minimum atomic E-state index is -0.174. The first kappa shape index (κ1) is 19.7. The van der Waals surface area contributed by atoms with Crippen molar-refractivity contribution in [1.29, 1.82) is 0 Å². The number of aromatic nitrogens is 2. The van der Waals surface area contributed by atoms with Crippen LogP contribution in [0.5, 0.6) is 11.5 Å². The number of methoxy groups -OCH3 is 2. The van der Waals surface area contributed by atoms with Crippen LogP contribution in [0.2, 0.25) is 5.02 Å². The van der Waals surface area contributed by atoms with Gasteiger partial charge in [0.1, 0.15) is 27.5 Å². The molecule has 9 heteroatoms. The van der Waals surface area contributed by atoms with E-state index in [0.717, 1.165) is 34.9 Å². The van der Waals surface area contributed by atoms with Crippen LogP contribution < -0.4 is 19.7 Å². The topological polar surface area (TPSA) is 76.6 Å². The summed E-state index contributed by atoms with van der Waals surface area (Å²) in [6.45, 7) is 1.47. The van der Waals surface area contributed by atoms with E-state index < -0.39 is 0 Å². The molecule has 1 unspecified atom stereocenters. The molecule has 1 amide bonds. The van der Waals surface area contributed by atoms with Gasteiger partial charge in [0.25, 0.3) is 0 Å². The normalized spacial score (nSPS) is 16.7. The monoisotopic (exact) mass is 432 g/mol. The Bertz CT molecular complexity index is 1010. The lowest BCUT2D eigenvalue weighted by molar-refractivity contribution is -0.120. The van der Waals surface area contributed by atoms with Crippen LogP contribution in [-0.2, 0) is 4.79 Å². The van der Waals surface area contributed by atoms with Crippen molar-refractivity contribution in [2.45, 2.75) is 12.8 Å². The Morgan fingerprint density at radius 1 is 1.34 bits per heavy atom. The predicted molar refractivity (Wildman–Crippen MR) is 116 cm³/mol. The van der Waals surface area contributed by atoms with Crippen molar-refractivity contribution in [3.63, 3.8) is 0 Å². The maximum atomic E-state index is 13.0. The zero-order chi connectivity index (χ0) is 20.4. The first-order chi connectivity index (χ1) is 14.1. The number of pyridine rings is 1. The maximum absolute atomic E-state index is 13.0. The van der Waals surface area contributed by atoms with Gasteiger partial charge in [0, 0.05) is 31.4 Å². The van der Waals surface area contributed by atoms with E-state index >= 15 is 0 Å². The summed E-state index contributed by atoms with van der Waals surface area (Å²) in [5.41, 5.74) is 1.34. The number of carbonyl (C=O) groups excluding carboxylic acids is 1. The Balaban J connectivity index is 1.50. The van der Waals surface area contributed by atoms with Crippen LogP contribution in [0.3, 0.4) is 0 Å². The van der Waals surface area contributed by atoms with Crippen LogP contribution in [-0.4, -0.2) is 43.2 Å². The fraction of sp³-hybridized carbons (Fsp3) is 0.350. The number of nitrogens with zero attached hydrogens (tertiary/aromatic N) is 3. The zero-order valence-electron chi connectivity index (χ0n) is 16.1. The van der Waals surface area contributed by atoms with Crippen LogP contribution in [0.25, 0.3) is 10.3 Å². The molecule has 29 heavy (non-hydrogen) atoms. The van der Waals surface area contributed by atoms with Gasteiger partial charge in [-0.1, -0.05) is 22.9 Å². The largest absolute Gasteiger partial charge is 0.497 e. The third kappa shape index (κ3) is 4.09. The predicted octanol–water partition coefficient (Wildman–Crippen LogP) is 4.22. The van der Waals surface area contributed by atoms with E-state index in [9.17, 15) is 4.79 Å². The summed E-state index contributed by atoms with van der Waals surface area (Å²) in [5, 5.41) is 4.22. The van der Waals surface area contributed by atoms with E-state index in [1.165, 1.54) is 7.11 Å². The first-order valence-corrected chi connectivity index (χ1v) is 10.5. The van der Waals surface area contributed by atoms with Gasteiger partial charge in [-0.2, -0.15) is 0 Å². The van der Waals surface area contributed by atoms with Crippen molar-refractivity contribution in [2.24, 2.45) is 5.92 Å². The Kier molecular flexibility index (Phi) is 5.73. The summed E-state index contributed by atoms with van der Waals surface area (Å²) < 4.78 is 10.6. The van der Waals surface area contributed by atoms with Gasteiger partial charge in [0.2, 0.25) is 5.91 Å². The molecule has 7 nitrogen and oxygen atoms in total. The summed E-state index contributed by atoms with van der Waals surface area (Å²) in [4.78, 5) is 25.1. The first-order valence-electron chi connectivity index (χ1n) is 9.28. The van der Waals surface area contributed by atoms with Gasteiger partial charge in [-0.05, 0) is 25.0 Å². The summed E-state index contributed by atoms with van der Waals surface area (Å²) >= 11 is 7.90. The summed E-state index contributed by atoms with van der Waals surface area (Å²) in [6.07, 6.45) is 3.49. The van der Waals surface area contributed by atoms with Gasteiger partial charge in [0.05, 0.1) is 25.2 Å². The molecule has 4 rings (SSSR count). The molecule has 1 saturated heterocycles. The second-order valence-electron chi connectivity index (χ2n) is 6.79. The molecule has 0 bridgehead atoms. The fourth-order valence-electron chi connectivity index (χ4n) is 3.44. The van der Waals surface area contributed by atoms with Crippen LogP contribution in [0, 0.1) is 5.92 Å². The number of amides is 1. The van der Waals surface area contributed by atoms with Gasteiger partial charge < -0.3 is 19.7 Å². The average molecular weight is 433 g/mol. The molecule has 1 aliphatic heterocycles. The number of carbonyl (C=O) groups is 1. The molecule has 1 aromatic carbocycles. The number of nitrogens with one attached hydrogen (secondary N) is 1. The van der Waals surface area contributed by atoms with E-state index in [-0.39, 0.29) is 11.8 Å². The van der Waals surface area contributed by atoms with E-state index in [2.05, 4.69) is 20.2 Å². The molecule has 2 aromatic heterocycles. The van der Waals surface area contributed by atoms with Crippen molar-refractivity contribution in [3.8, 4) is 11.5 Å². The SMILES string of the molecule is COc1cc(Cl)c(NC(=O)C2CCCN(c3nc4cccnc4s3)C2)c(OC)c1. The number of halogens is 1. The number of anilines is 2. The summed E-state index contributed by atoms with van der Waals surface area (Å²) in [7, 11) is 3.09. The van der Waals surface area contributed by atoms with Gasteiger partial charge in [-0.3, -0.25) is 4.79 Å². The number of thiazole rings is 1. The fourth-order valence-corrected chi connectivity index (χ4v) is 4.63. The molecule has 0 radical (unpaired) electrons. The minimum Gasteiger partial charge on any atom is -0.497 e. The minimum absolute atomic E-state index is 0.0840. The number of rotatable bonds is 5. The second kappa shape index (κ2) is 8.42. The molecule has 152 valence electrons.